The molecule has 2 heterocycles. The van der Waals surface area contributed by atoms with Crippen LogP contribution in [0, 0.1) is 6.92 Å². The first kappa shape index (κ1) is 19.8. The van der Waals surface area contributed by atoms with Crippen molar-refractivity contribution < 1.29 is 9.90 Å². The molecule has 3 N–H and O–H groups in total. The summed E-state index contributed by atoms with van der Waals surface area (Å²) in [6.45, 7) is 2.15. The van der Waals surface area contributed by atoms with E-state index in [0.29, 0.717) is 0 Å². The number of nitrogens with one attached hydrogen (secondary N) is 2. The summed E-state index contributed by atoms with van der Waals surface area (Å²) in [7, 11) is 0. The molecule has 4 aromatic rings. The summed E-state index contributed by atoms with van der Waals surface area (Å²) in [5, 5.41) is 16.3. The first-order valence-electron chi connectivity index (χ1n) is 10.6. The second-order valence-corrected chi connectivity index (χ2v) is 8.00. The minimum absolute atomic E-state index is 0.121. The lowest BCUT2D eigenvalue weighted by molar-refractivity contribution is 0.0697. The molecular formula is C27H23N3O2. The van der Waals surface area contributed by atoms with Crippen LogP contribution in [-0.4, -0.2) is 16.1 Å². The van der Waals surface area contributed by atoms with Crippen LogP contribution in [-0.2, 0) is 6.42 Å². The lowest BCUT2D eigenvalue weighted by Gasteiger charge is -2.17. The summed E-state index contributed by atoms with van der Waals surface area (Å²) in [5.41, 5.74) is 9.39. The molecule has 0 amide bonds. The van der Waals surface area contributed by atoms with E-state index in [4.69, 9.17) is 0 Å². The van der Waals surface area contributed by atoms with Gasteiger partial charge in [0.2, 0.25) is 0 Å². The molecule has 1 aromatic heterocycles. The van der Waals surface area contributed by atoms with E-state index in [2.05, 4.69) is 58.9 Å². The zero-order valence-electron chi connectivity index (χ0n) is 17.7. The Morgan fingerprint density at radius 3 is 2.47 bits per heavy atom. The third-order valence-electron chi connectivity index (χ3n) is 5.98. The number of hydrogen-bond acceptors (Lipinski definition) is 4. The summed E-state index contributed by atoms with van der Waals surface area (Å²) in [6, 6.07) is 23.7. The Morgan fingerprint density at radius 1 is 1.00 bits per heavy atom. The predicted molar refractivity (Wildman–Crippen MR) is 127 cm³/mol. The van der Waals surface area contributed by atoms with Crippen LogP contribution < -0.4 is 10.6 Å². The van der Waals surface area contributed by atoms with Crippen molar-refractivity contribution >= 4 is 17.3 Å². The monoisotopic (exact) mass is 421 g/mol. The number of aromatic carboxylic acids is 1. The minimum Gasteiger partial charge on any atom is -0.478 e. The average Bonchev–Trinajstić information content (AvgIpc) is 3.27. The molecule has 1 aliphatic rings. The van der Waals surface area contributed by atoms with Crippen LogP contribution in [0.15, 0.2) is 85.2 Å². The SMILES string of the molecule is Cc1c(Cc2cccnc2)c(-c2ccccc2)cc2c1NC(c1ccc(C(=O)O)cc1)N2. The Balaban J connectivity index is 1.55. The van der Waals surface area contributed by atoms with Gasteiger partial charge in [0.05, 0.1) is 16.9 Å². The Hall–Kier alpha value is -4.12. The zero-order chi connectivity index (χ0) is 22.1. The summed E-state index contributed by atoms with van der Waals surface area (Å²) in [5.74, 6) is -0.921. The third-order valence-corrected chi connectivity index (χ3v) is 5.98. The van der Waals surface area contributed by atoms with E-state index in [-0.39, 0.29) is 11.7 Å². The topological polar surface area (TPSA) is 74.2 Å². The Kier molecular flexibility index (Phi) is 5.07. The zero-order valence-corrected chi connectivity index (χ0v) is 17.7. The van der Waals surface area contributed by atoms with Crippen molar-refractivity contribution in [1.29, 1.82) is 0 Å². The van der Waals surface area contributed by atoms with Gasteiger partial charge in [-0.3, -0.25) is 4.98 Å². The number of anilines is 2. The van der Waals surface area contributed by atoms with Crippen molar-refractivity contribution in [3.8, 4) is 11.1 Å². The van der Waals surface area contributed by atoms with Gasteiger partial charge in [-0.2, -0.15) is 0 Å². The van der Waals surface area contributed by atoms with Crippen LogP contribution in [0.25, 0.3) is 11.1 Å². The van der Waals surface area contributed by atoms with Crippen LogP contribution in [0.1, 0.15) is 38.8 Å². The third kappa shape index (κ3) is 3.69. The number of fused-ring (bicyclic) bond motifs is 1. The average molecular weight is 422 g/mol. The van der Waals surface area contributed by atoms with E-state index in [1.54, 1.807) is 18.3 Å². The lowest BCUT2D eigenvalue weighted by atomic mass is 9.90. The number of nitrogens with zero attached hydrogens (tertiary/aromatic N) is 1. The van der Waals surface area contributed by atoms with E-state index in [0.717, 1.165) is 23.4 Å². The fourth-order valence-corrected chi connectivity index (χ4v) is 4.29. The molecule has 0 bridgehead atoms. The summed E-state index contributed by atoms with van der Waals surface area (Å²) < 4.78 is 0. The maximum Gasteiger partial charge on any atom is 0.335 e. The molecule has 3 aromatic carbocycles. The van der Waals surface area contributed by atoms with Gasteiger partial charge >= 0.3 is 5.97 Å². The number of hydrogen-bond donors (Lipinski definition) is 3. The second-order valence-electron chi connectivity index (χ2n) is 8.00. The quantitative estimate of drug-likeness (QED) is 0.375. The number of carbonyl (C=O) groups is 1. The van der Waals surface area contributed by atoms with Gasteiger partial charge in [-0.25, -0.2) is 4.79 Å². The number of aromatic nitrogens is 1. The van der Waals surface area contributed by atoms with Gasteiger partial charge in [0.1, 0.15) is 6.17 Å². The lowest BCUT2D eigenvalue weighted by Crippen LogP contribution is -2.12. The molecule has 0 fully saturated rings. The van der Waals surface area contributed by atoms with Crippen molar-refractivity contribution in [3.05, 3.63) is 113 Å². The molecular weight excluding hydrogens is 398 g/mol. The molecule has 0 saturated carbocycles. The molecule has 0 saturated heterocycles. The van der Waals surface area contributed by atoms with Crippen LogP contribution >= 0.6 is 0 Å². The number of benzene rings is 3. The Bertz CT molecular complexity index is 1270. The smallest absolute Gasteiger partial charge is 0.335 e. The fraction of sp³-hybridized carbons (Fsp3) is 0.111. The van der Waals surface area contributed by atoms with Crippen molar-refractivity contribution in [2.24, 2.45) is 0 Å². The second kappa shape index (κ2) is 8.19. The number of pyridine rings is 1. The molecule has 1 aliphatic heterocycles. The van der Waals surface area contributed by atoms with Crippen LogP contribution in [0.5, 0.6) is 0 Å². The number of carboxylic acid groups (broad SMARTS) is 1. The van der Waals surface area contributed by atoms with Crippen molar-refractivity contribution in [1.82, 2.24) is 4.98 Å². The van der Waals surface area contributed by atoms with Crippen LogP contribution in [0.4, 0.5) is 11.4 Å². The van der Waals surface area contributed by atoms with Gasteiger partial charge in [0.15, 0.2) is 0 Å². The molecule has 5 heteroatoms. The van der Waals surface area contributed by atoms with E-state index >= 15 is 0 Å². The van der Waals surface area contributed by atoms with Gasteiger partial charge in [0.25, 0.3) is 0 Å². The van der Waals surface area contributed by atoms with Crippen molar-refractivity contribution in [2.45, 2.75) is 19.5 Å². The molecule has 1 unspecified atom stereocenters. The van der Waals surface area contributed by atoms with E-state index in [1.165, 1.54) is 27.8 Å². The molecule has 0 aliphatic carbocycles. The van der Waals surface area contributed by atoms with Crippen molar-refractivity contribution in [2.75, 3.05) is 10.6 Å². The van der Waals surface area contributed by atoms with Gasteiger partial charge in [-0.15, -0.1) is 0 Å². The van der Waals surface area contributed by atoms with E-state index < -0.39 is 5.97 Å². The maximum absolute atomic E-state index is 11.2. The van der Waals surface area contributed by atoms with E-state index in [1.807, 2.05) is 30.5 Å². The van der Waals surface area contributed by atoms with Gasteiger partial charge in [0, 0.05) is 12.4 Å². The fourth-order valence-electron chi connectivity index (χ4n) is 4.29. The van der Waals surface area contributed by atoms with E-state index in [9.17, 15) is 9.90 Å². The number of rotatable bonds is 5. The highest BCUT2D eigenvalue weighted by Gasteiger charge is 2.26. The Morgan fingerprint density at radius 2 is 1.78 bits per heavy atom. The highest BCUT2D eigenvalue weighted by atomic mass is 16.4. The number of carboxylic acids is 1. The Labute approximate surface area is 186 Å². The highest BCUT2D eigenvalue weighted by molar-refractivity contribution is 5.88. The van der Waals surface area contributed by atoms with Crippen LogP contribution in [0.3, 0.4) is 0 Å². The normalized spacial score (nSPS) is 14.3. The van der Waals surface area contributed by atoms with Gasteiger partial charge in [-0.05, 0) is 71.0 Å². The summed E-state index contributed by atoms with van der Waals surface area (Å²) in [4.78, 5) is 15.5. The largest absolute Gasteiger partial charge is 0.478 e. The molecule has 0 spiro atoms. The summed E-state index contributed by atoms with van der Waals surface area (Å²) >= 11 is 0. The molecule has 5 nitrogen and oxygen atoms in total. The maximum atomic E-state index is 11.2. The van der Waals surface area contributed by atoms with Gasteiger partial charge in [-0.1, -0.05) is 48.5 Å². The molecule has 158 valence electrons. The minimum atomic E-state index is -0.921. The molecule has 1 atom stereocenters. The highest BCUT2D eigenvalue weighted by Crippen LogP contribution is 2.44. The predicted octanol–water partition coefficient (Wildman–Crippen LogP) is 5.88. The van der Waals surface area contributed by atoms with Crippen molar-refractivity contribution in [3.63, 3.8) is 0 Å². The molecule has 32 heavy (non-hydrogen) atoms. The van der Waals surface area contributed by atoms with Crippen LogP contribution in [0.2, 0.25) is 0 Å². The molecule has 5 rings (SSSR count). The summed E-state index contributed by atoms with van der Waals surface area (Å²) in [6.07, 6.45) is 4.38. The standard InChI is InChI=1S/C27H23N3O2/c1-17-22(14-18-6-5-13-28-16-18)23(19-7-3-2-4-8-19)15-24-25(17)30-26(29-24)20-9-11-21(12-10-20)27(31)32/h2-13,15-16,26,29-30H,14H2,1H3,(H,31,32). The van der Waals surface area contributed by atoms with Gasteiger partial charge < -0.3 is 15.7 Å². The first-order valence-corrected chi connectivity index (χ1v) is 10.6. The molecule has 0 radical (unpaired) electrons. The first-order chi connectivity index (χ1) is 15.6.